The van der Waals surface area contributed by atoms with Gasteiger partial charge in [-0.25, -0.2) is 13.1 Å². The van der Waals surface area contributed by atoms with Crippen molar-refractivity contribution in [1.29, 1.82) is 0 Å². The lowest BCUT2D eigenvalue weighted by Crippen LogP contribution is -2.32. The topological polar surface area (TPSA) is 55.4 Å². The Morgan fingerprint density at radius 1 is 1.08 bits per heavy atom. The maximum atomic E-state index is 13.1. The van der Waals surface area contributed by atoms with Crippen molar-refractivity contribution in [3.8, 4) is 5.75 Å². The van der Waals surface area contributed by atoms with Crippen molar-refractivity contribution in [1.82, 2.24) is 4.72 Å². The summed E-state index contributed by atoms with van der Waals surface area (Å²) in [4.78, 5) is -0.761. The molecule has 1 N–H and O–H groups in total. The molecule has 8 heteroatoms. The number of hydrogen-bond acceptors (Lipinski definition) is 3. The van der Waals surface area contributed by atoms with Gasteiger partial charge in [0.15, 0.2) is 0 Å². The van der Waals surface area contributed by atoms with Crippen molar-refractivity contribution in [2.75, 3.05) is 13.2 Å². The molecule has 0 amide bonds. The zero-order valence-electron chi connectivity index (χ0n) is 13.1. The van der Waals surface area contributed by atoms with Gasteiger partial charge in [0.1, 0.15) is 5.75 Å². The Balaban J connectivity index is 1.83. The molecular weight excluding hydrogens is 355 g/mol. The summed E-state index contributed by atoms with van der Waals surface area (Å²) in [7, 11) is -4.29. The predicted octanol–water partition coefficient (Wildman–Crippen LogP) is 3.55. The summed E-state index contributed by atoms with van der Waals surface area (Å²) in [5.74, 6) is 0.520. The minimum Gasteiger partial charge on any atom is -0.493 e. The molecule has 0 bridgehead atoms. The van der Waals surface area contributed by atoms with E-state index in [9.17, 15) is 21.6 Å². The number of halogens is 3. The van der Waals surface area contributed by atoms with Gasteiger partial charge in [0.05, 0.1) is 17.1 Å². The van der Waals surface area contributed by atoms with Crippen LogP contribution in [-0.2, 0) is 16.2 Å². The normalized spacial score (nSPS) is 17.6. The Morgan fingerprint density at radius 2 is 1.76 bits per heavy atom. The maximum Gasteiger partial charge on any atom is 0.417 e. The Hall–Kier alpha value is -2.06. The number of fused-ring (bicyclic) bond motifs is 1. The minimum atomic E-state index is -4.74. The molecule has 0 fully saturated rings. The zero-order chi connectivity index (χ0) is 18.1. The van der Waals surface area contributed by atoms with E-state index in [1.165, 1.54) is 6.07 Å². The van der Waals surface area contributed by atoms with E-state index >= 15 is 0 Å². The average molecular weight is 371 g/mol. The van der Waals surface area contributed by atoms with E-state index in [4.69, 9.17) is 4.74 Å². The van der Waals surface area contributed by atoms with E-state index in [1.807, 2.05) is 18.2 Å². The van der Waals surface area contributed by atoms with Crippen molar-refractivity contribution < 1.29 is 26.3 Å². The second-order valence-electron chi connectivity index (χ2n) is 5.72. The SMILES string of the molecule is O=S(=O)(NCC1CCOc2ccccc21)c1ccccc1C(F)(F)F. The molecule has 25 heavy (non-hydrogen) atoms. The highest BCUT2D eigenvalue weighted by Crippen LogP contribution is 2.35. The highest BCUT2D eigenvalue weighted by molar-refractivity contribution is 7.89. The molecule has 0 aromatic heterocycles. The van der Waals surface area contributed by atoms with Crippen LogP contribution in [0, 0.1) is 0 Å². The number of hydrogen-bond donors (Lipinski definition) is 1. The van der Waals surface area contributed by atoms with Gasteiger partial charge in [-0.15, -0.1) is 0 Å². The van der Waals surface area contributed by atoms with Crippen LogP contribution in [0.1, 0.15) is 23.5 Å². The smallest absolute Gasteiger partial charge is 0.417 e. The summed E-state index contributed by atoms with van der Waals surface area (Å²) in [6, 6.07) is 11.4. The number of sulfonamides is 1. The summed E-state index contributed by atoms with van der Waals surface area (Å²) in [6.45, 7) is 0.442. The quantitative estimate of drug-likeness (QED) is 0.894. The van der Waals surface area contributed by atoms with Crippen molar-refractivity contribution >= 4 is 10.0 Å². The first-order valence-corrected chi connectivity index (χ1v) is 9.15. The van der Waals surface area contributed by atoms with Crippen molar-refractivity contribution in [2.45, 2.75) is 23.4 Å². The Morgan fingerprint density at radius 3 is 2.52 bits per heavy atom. The van der Waals surface area contributed by atoms with Crippen LogP contribution >= 0.6 is 0 Å². The predicted molar refractivity (Wildman–Crippen MR) is 85.9 cm³/mol. The fourth-order valence-electron chi connectivity index (χ4n) is 2.85. The molecule has 0 radical (unpaired) electrons. The summed E-state index contributed by atoms with van der Waals surface area (Å²) >= 11 is 0. The molecule has 0 saturated heterocycles. The van der Waals surface area contributed by atoms with Crippen LogP contribution in [0.25, 0.3) is 0 Å². The number of para-hydroxylation sites is 1. The Labute approximate surface area is 143 Å². The summed E-state index contributed by atoms with van der Waals surface area (Å²) < 4.78 is 71.8. The van der Waals surface area contributed by atoms with E-state index in [0.717, 1.165) is 23.8 Å². The standard InChI is InChI=1S/C17H16F3NO3S/c18-17(19,20)14-6-2-4-8-16(14)25(22,23)21-11-12-9-10-24-15-7-3-1-5-13(12)15/h1-8,12,21H,9-11H2. The third kappa shape index (κ3) is 3.80. The number of nitrogens with one attached hydrogen (secondary N) is 1. The summed E-state index contributed by atoms with van der Waals surface area (Å²) in [5, 5.41) is 0. The van der Waals surface area contributed by atoms with Crippen molar-refractivity contribution in [3.05, 3.63) is 59.7 Å². The second-order valence-corrected chi connectivity index (χ2v) is 7.45. The van der Waals surface area contributed by atoms with E-state index in [1.54, 1.807) is 6.07 Å². The van der Waals surface area contributed by atoms with Crippen LogP contribution in [0.15, 0.2) is 53.4 Å². The first kappa shape index (κ1) is 17.8. The first-order valence-electron chi connectivity index (χ1n) is 7.66. The molecule has 4 nitrogen and oxygen atoms in total. The lowest BCUT2D eigenvalue weighted by Gasteiger charge is -2.26. The van der Waals surface area contributed by atoms with E-state index in [-0.39, 0.29) is 12.5 Å². The maximum absolute atomic E-state index is 13.1. The fourth-order valence-corrected chi connectivity index (χ4v) is 4.16. The van der Waals surface area contributed by atoms with Gasteiger partial charge in [0.25, 0.3) is 0 Å². The highest BCUT2D eigenvalue weighted by Gasteiger charge is 2.37. The van der Waals surface area contributed by atoms with Gasteiger partial charge in [0.2, 0.25) is 10.0 Å². The highest BCUT2D eigenvalue weighted by atomic mass is 32.2. The molecule has 0 aliphatic carbocycles. The molecule has 1 atom stereocenters. The lowest BCUT2D eigenvalue weighted by atomic mass is 9.93. The van der Waals surface area contributed by atoms with Crippen LogP contribution in [0.4, 0.5) is 13.2 Å². The number of benzene rings is 2. The van der Waals surface area contributed by atoms with Gasteiger partial charge in [-0.3, -0.25) is 0 Å². The van der Waals surface area contributed by atoms with Gasteiger partial charge in [-0.2, -0.15) is 13.2 Å². The molecule has 2 aromatic carbocycles. The third-order valence-corrected chi connectivity index (χ3v) is 5.57. The Kier molecular flexibility index (Phi) is 4.75. The van der Waals surface area contributed by atoms with Crippen LogP contribution in [0.2, 0.25) is 0 Å². The first-order chi connectivity index (χ1) is 11.8. The lowest BCUT2D eigenvalue weighted by molar-refractivity contribution is -0.139. The van der Waals surface area contributed by atoms with Gasteiger partial charge in [-0.1, -0.05) is 30.3 Å². The van der Waals surface area contributed by atoms with Crippen LogP contribution in [-0.4, -0.2) is 21.6 Å². The van der Waals surface area contributed by atoms with Gasteiger partial charge in [-0.05, 0) is 30.2 Å². The van der Waals surface area contributed by atoms with E-state index in [2.05, 4.69) is 4.72 Å². The van der Waals surface area contributed by atoms with Gasteiger partial charge >= 0.3 is 6.18 Å². The molecule has 1 unspecified atom stereocenters. The van der Waals surface area contributed by atoms with E-state index in [0.29, 0.717) is 18.8 Å². The molecule has 1 heterocycles. The molecule has 3 rings (SSSR count). The van der Waals surface area contributed by atoms with Crippen LogP contribution in [0.3, 0.4) is 0 Å². The largest absolute Gasteiger partial charge is 0.493 e. The summed E-state index contributed by atoms with van der Waals surface area (Å²) in [5.41, 5.74) is -0.324. The second kappa shape index (κ2) is 6.68. The average Bonchev–Trinajstić information content (AvgIpc) is 2.59. The number of rotatable bonds is 4. The molecule has 0 spiro atoms. The molecule has 134 valence electrons. The minimum absolute atomic E-state index is 0.00883. The zero-order valence-corrected chi connectivity index (χ0v) is 13.9. The van der Waals surface area contributed by atoms with Gasteiger partial charge in [0, 0.05) is 12.5 Å². The number of alkyl halides is 3. The van der Waals surface area contributed by atoms with Gasteiger partial charge < -0.3 is 4.74 Å². The fraction of sp³-hybridized carbons (Fsp3) is 0.294. The van der Waals surface area contributed by atoms with Crippen molar-refractivity contribution in [2.24, 2.45) is 0 Å². The summed E-state index contributed by atoms with van der Waals surface area (Å²) in [6.07, 6.45) is -4.16. The molecule has 1 aliphatic rings. The molecule has 2 aromatic rings. The number of ether oxygens (including phenoxy) is 1. The van der Waals surface area contributed by atoms with Crippen LogP contribution < -0.4 is 9.46 Å². The monoisotopic (exact) mass is 371 g/mol. The van der Waals surface area contributed by atoms with E-state index < -0.39 is 26.7 Å². The molecule has 0 saturated carbocycles. The third-order valence-electron chi connectivity index (χ3n) is 4.08. The Bertz CT molecular complexity index is 865. The molecular formula is C17H16F3NO3S. The molecule has 1 aliphatic heterocycles. The van der Waals surface area contributed by atoms with Crippen LogP contribution in [0.5, 0.6) is 5.75 Å². The van der Waals surface area contributed by atoms with Crippen molar-refractivity contribution in [3.63, 3.8) is 0 Å².